The van der Waals surface area contributed by atoms with Crippen LogP contribution in [0.15, 0.2) is 0 Å². The van der Waals surface area contributed by atoms with Crippen LogP contribution >= 0.6 is 0 Å². The highest BCUT2D eigenvalue weighted by atomic mass is 16.3. The zero-order chi connectivity index (χ0) is 25.5. The second kappa shape index (κ2) is 13.7. The lowest BCUT2D eigenvalue weighted by atomic mass is 9.74. The van der Waals surface area contributed by atoms with E-state index in [9.17, 15) is 19.8 Å². The molecule has 0 radical (unpaired) electrons. The van der Waals surface area contributed by atoms with Gasteiger partial charge in [-0.3, -0.25) is 9.59 Å². The Morgan fingerprint density at radius 3 is 1.62 bits per heavy atom. The van der Waals surface area contributed by atoms with Crippen molar-refractivity contribution in [3.8, 4) is 0 Å². The molecule has 2 N–H and O–H groups in total. The molecule has 0 spiro atoms. The molecule has 5 atom stereocenters. The molecule has 5 unspecified atom stereocenters. The molecule has 0 saturated carbocycles. The van der Waals surface area contributed by atoms with E-state index in [4.69, 9.17) is 0 Å². The molecule has 5 nitrogen and oxygen atoms in total. The third-order valence-electron chi connectivity index (χ3n) is 6.86. The molecule has 0 aliphatic carbocycles. The van der Waals surface area contributed by atoms with Gasteiger partial charge in [0.15, 0.2) is 0 Å². The summed E-state index contributed by atoms with van der Waals surface area (Å²) < 4.78 is 0. The smallest absolute Gasteiger partial charge is 0.228 e. The lowest BCUT2D eigenvalue weighted by molar-refractivity contribution is -0.138. The van der Waals surface area contributed by atoms with Gasteiger partial charge in [0, 0.05) is 36.8 Å². The Morgan fingerprint density at radius 2 is 1.38 bits per heavy atom. The molecule has 1 aliphatic rings. The first-order valence-electron chi connectivity index (χ1n) is 12.7. The summed E-state index contributed by atoms with van der Waals surface area (Å²) >= 11 is 0. The molecular formula is C27H53NO4. The van der Waals surface area contributed by atoms with Gasteiger partial charge in [0.05, 0.1) is 0 Å². The van der Waals surface area contributed by atoms with Gasteiger partial charge >= 0.3 is 0 Å². The summed E-state index contributed by atoms with van der Waals surface area (Å²) in [5, 5.41) is 19.7. The van der Waals surface area contributed by atoms with Crippen molar-refractivity contribution in [2.75, 3.05) is 6.61 Å². The first kappa shape index (κ1) is 31.1. The minimum Gasteiger partial charge on any atom is -0.396 e. The number of hydrogen-bond acceptors (Lipinski definition) is 4. The van der Waals surface area contributed by atoms with Crippen LogP contribution < -0.4 is 0 Å². The predicted molar refractivity (Wildman–Crippen MR) is 133 cm³/mol. The molecule has 0 aromatic carbocycles. The van der Waals surface area contributed by atoms with Crippen molar-refractivity contribution in [1.82, 2.24) is 4.90 Å². The Kier molecular flexibility index (Phi) is 13.3. The van der Waals surface area contributed by atoms with Crippen molar-refractivity contribution >= 4 is 11.7 Å². The second-order valence-electron chi connectivity index (χ2n) is 11.8. The van der Waals surface area contributed by atoms with Crippen LogP contribution in [0.1, 0.15) is 89.5 Å². The van der Waals surface area contributed by atoms with Gasteiger partial charge in [-0.25, -0.2) is 0 Å². The average molecular weight is 456 g/mol. The van der Waals surface area contributed by atoms with Crippen LogP contribution in [0.4, 0.5) is 0 Å². The number of nitrogens with zero attached hydrogens (tertiary/aromatic N) is 1. The molecule has 1 heterocycles. The Hall–Kier alpha value is -0.940. The maximum Gasteiger partial charge on any atom is 0.228 e. The largest absolute Gasteiger partial charge is 0.396 e. The lowest BCUT2D eigenvalue weighted by Gasteiger charge is -2.31. The second-order valence-corrected chi connectivity index (χ2v) is 11.8. The molecular weight excluding hydrogens is 402 g/mol. The molecule has 0 aromatic rings. The number of aliphatic hydroxyl groups is 2. The SMILES string of the molecule is CC(C)C1C(=O)N(C(C)C)C(O)C1C(C)C.CC(C)CC(=O)C(C(C)C)C(CO)C(C)C. The Balaban J connectivity index is 0.000000601. The fourth-order valence-corrected chi connectivity index (χ4v) is 5.27. The quantitative estimate of drug-likeness (QED) is 0.472. The van der Waals surface area contributed by atoms with E-state index in [1.807, 2.05) is 13.8 Å². The van der Waals surface area contributed by atoms with E-state index in [0.29, 0.717) is 41.8 Å². The number of rotatable bonds is 10. The standard InChI is InChI=1S/C14H28O2.C13H25NO2/c1-9(2)7-13(16)14(11(5)6)12(8-15)10(3)4;1-7(2)10-11(8(3)4)13(16)14(9(5)6)12(10)15/h9-12,14-15H,7-8H2,1-6H3;7-12,15H,1-6H3. The molecule has 32 heavy (non-hydrogen) atoms. The molecule has 0 aromatic heterocycles. The normalized spacial score (nSPS) is 23.6. The summed E-state index contributed by atoms with van der Waals surface area (Å²) in [4.78, 5) is 26.1. The van der Waals surface area contributed by atoms with Crippen LogP contribution in [0.2, 0.25) is 0 Å². The lowest BCUT2D eigenvalue weighted by Crippen LogP contribution is -2.41. The van der Waals surface area contributed by atoms with Gasteiger partial charge in [0.25, 0.3) is 0 Å². The molecule has 5 heteroatoms. The van der Waals surface area contributed by atoms with E-state index in [1.165, 1.54) is 0 Å². The number of carbonyl (C=O) groups is 2. The van der Waals surface area contributed by atoms with Crippen LogP contribution in [0.25, 0.3) is 0 Å². The van der Waals surface area contributed by atoms with Gasteiger partial charge in [-0.1, -0.05) is 69.2 Å². The minimum absolute atomic E-state index is 0.00685. The zero-order valence-corrected chi connectivity index (χ0v) is 22.9. The summed E-state index contributed by atoms with van der Waals surface area (Å²) in [6.07, 6.45) is 0.0198. The summed E-state index contributed by atoms with van der Waals surface area (Å²) in [5.74, 6) is 2.27. The highest BCUT2D eigenvalue weighted by Crippen LogP contribution is 2.40. The van der Waals surface area contributed by atoms with E-state index in [2.05, 4.69) is 69.2 Å². The van der Waals surface area contributed by atoms with E-state index in [1.54, 1.807) is 4.90 Å². The fourth-order valence-electron chi connectivity index (χ4n) is 5.27. The molecule has 1 amide bonds. The molecule has 190 valence electrons. The van der Waals surface area contributed by atoms with Gasteiger partial charge in [-0.05, 0) is 49.4 Å². The number of amides is 1. The zero-order valence-electron chi connectivity index (χ0n) is 22.9. The van der Waals surface area contributed by atoms with E-state index < -0.39 is 6.23 Å². The number of aliphatic hydroxyl groups excluding tert-OH is 2. The van der Waals surface area contributed by atoms with Crippen molar-refractivity contribution in [3.05, 3.63) is 0 Å². The Bertz CT molecular complexity index is 562. The number of Topliss-reactive ketones (excluding diaryl/α,β-unsaturated/α-hetero) is 1. The molecule has 1 rings (SSSR count). The Labute approximate surface area is 198 Å². The first-order chi connectivity index (χ1) is 14.6. The number of ketones is 1. The summed E-state index contributed by atoms with van der Waals surface area (Å²) in [6, 6.07) is 0.0764. The summed E-state index contributed by atoms with van der Waals surface area (Å²) in [5.41, 5.74) is 0. The topological polar surface area (TPSA) is 77.8 Å². The van der Waals surface area contributed by atoms with E-state index in [-0.39, 0.29) is 42.2 Å². The summed E-state index contributed by atoms with van der Waals surface area (Å²) in [6.45, 7) is 24.8. The highest BCUT2D eigenvalue weighted by Gasteiger charge is 2.50. The van der Waals surface area contributed by atoms with Gasteiger partial charge in [0.2, 0.25) is 5.91 Å². The Morgan fingerprint density at radius 1 is 0.875 bits per heavy atom. The van der Waals surface area contributed by atoms with Gasteiger partial charge in [0.1, 0.15) is 12.0 Å². The molecule has 1 saturated heterocycles. The van der Waals surface area contributed by atoms with Gasteiger partial charge < -0.3 is 15.1 Å². The highest BCUT2D eigenvalue weighted by molar-refractivity contribution is 5.82. The van der Waals surface area contributed by atoms with E-state index in [0.717, 1.165) is 0 Å². The van der Waals surface area contributed by atoms with Crippen molar-refractivity contribution in [1.29, 1.82) is 0 Å². The van der Waals surface area contributed by atoms with Crippen LogP contribution in [-0.4, -0.2) is 45.7 Å². The van der Waals surface area contributed by atoms with E-state index >= 15 is 0 Å². The van der Waals surface area contributed by atoms with Crippen molar-refractivity contribution in [2.45, 2.75) is 102 Å². The average Bonchev–Trinajstić information content (AvgIpc) is 2.89. The molecule has 1 fully saturated rings. The van der Waals surface area contributed by atoms with Crippen molar-refractivity contribution in [2.24, 2.45) is 53.3 Å². The number of carbonyl (C=O) groups excluding carboxylic acids is 2. The van der Waals surface area contributed by atoms with Crippen LogP contribution in [-0.2, 0) is 9.59 Å². The third-order valence-corrected chi connectivity index (χ3v) is 6.86. The monoisotopic (exact) mass is 455 g/mol. The summed E-state index contributed by atoms with van der Waals surface area (Å²) in [7, 11) is 0. The van der Waals surface area contributed by atoms with Crippen LogP contribution in [0.5, 0.6) is 0 Å². The maximum absolute atomic E-state index is 12.3. The number of hydrogen-bond donors (Lipinski definition) is 2. The third kappa shape index (κ3) is 8.13. The first-order valence-corrected chi connectivity index (χ1v) is 12.7. The fraction of sp³-hybridized carbons (Fsp3) is 0.926. The predicted octanol–water partition coefficient (Wildman–Crippen LogP) is 5.24. The van der Waals surface area contributed by atoms with Crippen LogP contribution in [0, 0.1) is 53.3 Å². The maximum atomic E-state index is 12.3. The number of likely N-dealkylation sites (tertiary alicyclic amines) is 1. The van der Waals surface area contributed by atoms with Crippen molar-refractivity contribution in [3.63, 3.8) is 0 Å². The molecule has 1 aliphatic heterocycles. The van der Waals surface area contributed by atoms with Crippen LogP contribution in [0.3, 0.4) is 0 Å². The van der Waals surface area contributed by atoms with Gasteiger partial charge in [-0.15, -0.1) is 0 Å². The minimum atomic E-state index is -0.611. The molecule has 0 bridgehead atoms. The van der Waals surface area contributed by atoms with Gasteiger partial charge in [-0.2, -0.15) is 0 Å². The van der Waals surface area contributed by atoms with Crippen molar-refractivity contribution < 1.29 is 19.8 Å².